The average molecular weight is 235 g/mol. The zero-order chi connectivity index (χ0) is 13.2. The molecule has 0 fully saturated rings. The molecule has 0 radical (unpaired) electrons. The SMILES string of the molecule is C#Cc1c(NC(=O)OC(C)(C)C)c(C)nn1C. The Balaban J connectivity index is 2.90. The van der Waals surface area contributed by atoms with E-state index in [2.05, 4.69) is 16.3 Å². The monoisotopic (exact) mass is 235 g/mol. The summed E-state index contributed by atoms with van der Waals surface area (Å²) < 4.78 is 6.69. The van der Waals surface area contributed by atoms with Gasteiger partial charge in [-0.05, 0) is 33.6 Å². The van der Waals surface area contributed by atoms with Gasteiger partial charge in [-0.1, -0.05) is 0 Å². The van der Waals surface area contributed by atoms with Crippen molar-refractivity contribution in [1.29, 1.82) is 0 Å². The zero-order valence-corrected chi connectivity index (χ0v) is 10.8. The number of carbonyl (C=O) groups excluding carboxylic acids is 1. The first kappa shape index (κ1) is 13.1. The summed E-state index contributed by atoms with van der Waals surface area (Å²) in [4.78, 5) is 11.6. The van der Waals surface area contributed by atoms with Gasteiger partial charge in [0.2, 0.25) is 0 Å². The Bertz CT molecular complexity index is 475. The highest BCUT2D eigenvalue weighted by molar-refractivity contribution is 5.87. The molecule has 0 unspecified atom stereocenters. The molecule has 17 heavy (non-hydrogen) atoms. The van der Waals surface area contributed by atoms with E-state index in [1.165, 1.54) is 0 Å². The molecular formula is C12H17N3O2. The number of ether oxygens (including phenoxy) is 1. The van der Waals surface area contributed by atoms with Crippen LogP contribution in [0.5, 0.6) is 0 Å². The van der Waals surface area contributed by atoms with Crippen molar-refractivity contribution in [1.82, 2.24) is 9.78 Å². The molecule has 92 valence electrons. The molecule has 1 heterocycles. The average Bonchev–Trinajstić information content (AvgIpc) is 2.38. The number of hydrogen-bond acceptors (Lipinski definition) is 3. The normalized spacial score (nSPS) is 10.8. The fourth-order valence-corrected chi connectivity index (χ4v) is 1.38. The van der Waals surface area contributed by atoms with Gasteiger partial charge in [-0.2, -0.15) is 5.10 Å². The molecule has 1 N–H and O–H groups in total. The van der Waals surface area contributed by atoms with Crippen LogP contribution in [-0.4, -0.2) is 21.5 Å². The highest BCUT2D eigenvalue weighted by atomic mass is 16.6. The van der Waals surface area contributed by atoms with Gasteiger partial charge in [0.05, 0.1) is 5.69 Å². The summed E-state index contributed by atoms with van der Waals surface area (Å²) in [5, 5.41) is 6.76. The van der Waals surface area contributed by atoms with Crippen molar-refractivity contribution in [2.75, 3.05) is 5.32 Å². The maximum Gasteiger partial charge on any atom is 0.412 e. The van der Waals surface area contributed by atoms with E-state index in [1.54, 1.807) is 39.4 Å². The highest BCUT2D eigenvalue weighted by Crippen LogP contribution is 2.19. The van der Waals surface area contributed by atoms with E-state index in [4.69, 9.17) is 11.2 Å². The number of hydrogen-bond donors (Lipinski definition) is 1. The third kappa shape index (κ3) is 3.25. The fraction of sp³-hybridized carbons (Fsp3) is 0.500. The van der Waals surface area contributed by atoms with Gasteiger partial charge >= 0.3 is 6.09 Å². The Morgan fingerprint density at radius 1 is 1.53 bits per heavy atom. The second kappa shape index (κ2) is 4.50. The molecule has 0 aliphatic heterocycles. The quantitative estimate of drug-likeness (QED) is 0.758. The van der Waals surface area contributed by atoms with E-state index < -0.39 is 11.7 Å². The van der Waals surface area contributed by atoms with Crippen molar-refractivity contribution in [3.05, 3.63) is 11.4 Å². The Labute approximate surface area is 101 Å². The topological polar surface area (TPSA) is 56.1 Å². The van der Waals surface area contributed by atoms with Crippen LogP contribution in [0.15, 0.2) is 0 Å². The van der Waals surface area contributed by atoms with Crippen molar-refractivity contribution in [2.45, 2.75) is 33.3 Å². The van der Waals surface area contributed by atoms with Gasteiger partial charge in [-0.15, -0.1) is 6.42 Å². The van der Waals surface area contributed by atoms with E-state index in [1.807, 2.05) is 0 Å². The summed E-state index contributed by atoms with van der Waals surface area (Å²) in [5.74, 6) is 2.48. The number of nitrogens with one attached hydrogen (secondary N) is 1. The van der Waals surface area contributed by atoms with Gasteiger partial charge in [0.15, 0.2) is 0 Å². The van der Waals surface area contributed by atoms with Gasteiger partial charge in [-0.25, -0.2) is 4.79 Å². The predicted octanol–water partition coefficient (Wildman–Crippen LogP) is 2.06. The minimum absolute atomic E-state index is 0.518. The van der Waals surface area contributed by atoms with Crippen molar-refractivity contribution < 1.29 is 9.53 Å². The maximum atomic E-state index is 11.6. The first-order valence-electron chi connectivity index (χ1n) is 5.25. The summed E-state index contributed by atoms with van der Waals surface area (Å²) in [5.41, 5.74) is 1.15. The van der Waals surface area contributed by atoms with Crippen molar-refractivity contribution in [3.8, 4) is 12.3 Å². The van der Waals surface area contributed by atoms with Crippen LogP contribution in [0.25, 0.3) is 0 Å². The van der Waals surface area contributed by atoms with Crippen LogP contribution in [0.1, 0.15) is 32.2 Å². The molecule has 0 spiro atoms. The fourth-order valence-electron chi connectivity index (χ4n) is 1.38. The van der Waals surface area contributed by atoms with E-state index in [9.17, 15) is 4.79 Å². The van der Waals surface area contributed by atoms with Crippen molar-refractivity contribution in [3.63, 3.8) is 0 Å². The predicted molar refractivity (Wildman–Crippen MR) is 65.7 cm³/mol. The number of anilines is 1. The zero-order valence-electron chi connectivity index (χ0n) is 10.8. The van der Waals surface area contributed by atoms with E-state index in [0.717, 1.165) is 0 Å². The molecule has 0 aliphatic carbocycles. The lowest BCUT2D eigenvalue weighted by molar-refractivity contribution is 0.0635. The summed E-state index contributed by atoms with van der Waals surface area (Å²) in [6.07, 6.45) is 4.83. The summed E-state index contributed by atoms with van der Waals surface area (Å²) in [7, 11) is 1.72. The maximum absolute atomic E-state index is 11.6. The molecule has 1 rings (SSSR count). The Morgan fingerprint density at radius 2 is 2.12 bits per heavy atom. The first-order chi connectivity index (χ1) is 7.74. The molecule has 5 nitrogen and oxygen atoms in total. The number of rotatable bonds is 1. The number of terminal acetylenes is 1. The van der Waals surface area contributed by atoms with Crippen LogP contribution >= 0.6 is 0 Å². The van der Waals surface area contributed by atoms with Gasteiger partial charge < -0.3 is 4.74 Å². The number of carbonyl (C=O) groups is 1. The number of aromatic nitrogens is 2. The molecule has 1 amide bonds. The van der Waals surface area contributed by atoms with E-state index in [-0.39, 0.29) is 0 Å². The molecule has 0 aromatic carbocycles. The molecule has 0 aliphatic rings. The lowest BCUT2D eigenvalue weighted by Gasteiger charge is -2.19. The second-order valence-electron chi connectivity index (χ2n) is 4.70. The molecule has 1 aromatic heterocycles. The van der Waals surface area contributed by atoms with E-state index >= 15 is 0 Å². The minimum atomic E-state index is -0.545. The minimum Gasteiger partial charge on any atom is -0.444 e. The Morgan fingerprint density at radius 3 is 2.59 bits per heavy atom. The number of nitrogens with zero attached hydrogens (tertiary/aromatic N) is 2. The summed E-state index contributed by atoms with van der Waals surface area (Å²) in [6, 6.07) is 0. The Hall–Kier alpha value is -1.96. The number of amides is 1. The molecule has 1 aromatic rings. The van der Waals surface area contributed by atoms with Crippen LogP contribution in [0.2, 0.25) is 0 Å². The lowest BCUT2D eigenvalue weighted by atomic mass is 10.2. The van der Waals surface area contributed by atoms with Crippen LogP contribution in [0.4, 0.5) is 10.5 Å². The molecule has 0 atom stereocenters. The van der Waals surface area contributed by atoms with E-state index in [0.29, 0.717) is 17.1 Å². The van der Waals surface area contributed by atoms with Gasteiger partial charge in [0.1, 0.15) is 17.0 Å². The van der Waals surface area contributed by atoms with Crippen LogP contribution in [0.3, 0.4) is 0 Å². The van der Waals surface area contributed by atoms with Gasteiger partial charge in [0, 0.05) is 7.05 Å². The first-order valence-corrected chi connectivity index (χ1v) is 5.25. The molecule has 5 heteroatoms. The lowest BCUT2D eigenvalue weighted by Crippen LogP contribution is -2.27. The molecule has 0 bridgehead atoms. The highest BCUT2D eigenvalue weighted by Gasteiger charge is 2.19. The van der Waals surface area contributed by atoms with Crippen LogP contribution in [0, 0.1) is 19.3 Å². The molecular weight excluding hydrogens is 218 g/mol. The largest absolute Gasteiger partial charge is 0.444 e. The summed E-state index contributed by atoms with van der Waals surface area (Å²) in [6.45, 7) is 7.16. The molecule has 0 saturated carbocycles. The van der Waals surface area contributed by atoms with Crippen molar-refractivity contribution in [2.24, 2.45) is 7.05 Å². The smallest absolute Gasteiger partial charge is 0.412 e. The third-order valence-electron chi connectivity index (χ3n) is 1.98. The molecule has 0 saturated heterocycles. The van der Waals surface area contributed by atoms with Crippen LogP contribution < -0.4 is 5.32 Å². The summed E-state index contributed by atoms with van der Waals surface area (Å²) >= 11 is 0. The van der Waals surface area contributed by atoms with Crippen LogP contribution in [-0.2, 0) is 11.8 Å². The Kier molecular flexibility index (Phi) is 3.47. The van der Waals surface area contributed by atoms with Gasteiger partial charge in [0.25, 0.3) is 0 Å². The van der Waals surface area contributed by atoms with Crippen molar-refractivity contribution >= 4 is 11.8 Å². The third-order valence-corrected chi connectivity index (χ3v) is 1.98. The van der Waals surface area contributed by atoms with Gasteiger partial charge in [-0.3, -0.25) is 10.00 Å². The number of aryl methyl sites for hydroxylation is 2. The standard InChI is InChI=1S/C12H17N3O2/c1-7-9-10(8(2)14-15(9)6)13-11(16)17-12(3,4)5/h1H,2-6H3,(H,13,16). The second-order valence-corrected chi connectivity index (χ2v) is 4.70.